The molecule has 0 aliphatic carbocycles. The number of benzene rings is 2. The molecular weight excluding hydrogens is 330 g/mol. The third-order valence-corrected chi connectivity index (χ3v) is 3.48. The van der Waals surface area contributed by atoms with E-state index in [4.69, 9.17) is 25.8 Å². The van der Waals surface area contributed by atoms with E-state index in [2.05, 4.69) is 5.32 Å². The summed E-state index contributed by atoms with van der Waals surface area (Å²) in [5.74, 6) is 1.59. The van der Waals surface area contributed by atoms with Gasteiger partial charge < -0.3 is 19.5 Å². The van der Waals surface area contributed by atoms with Crippen LogP contribution in [0.5, 0.6) is 17.2 Å². The van der Waals surface area contributed by atoms with Crippen LogP contribution in [0.3, 0.4) is 0 Å². The number of halogens is 1. The van der Waals surface area contributed by atoms with Gasteiger partial charge in [0.25, 0.3) is 5.91 Å². The van der Waals surface area contributed by atoms with Crippen LogP contribution in [0.2, 0.25) is 5.02 Å². The van der Waals surface area contributed by atoms with E-state index in [0.29, 0.717) is 35.4 Å². The third kappa shape index (κ3) is 5.35. The van der Waals surface area contributed by atoms with Crippen LogP contribution in [0.4, 0.5) is 0 Å². The Kier molecular flexibility index (Phi) is 6.75. The standard InChI is InChI=1S/C18H20ClNO4/c1-13(24-17-6-4-3-5-16(17)22-2)18(21)20-11-12-23-15-9-7-14(19)8-10-15/h3-10,13H,11-12H2,1-2H3,(H,20,21). The minimum atomic E-state index is -0.642. The van der Waals surface area contributed by atoms with Crippen LogP contribution in [0.1, 0.15) is 6.92 Å². The van der Waals surface area contributed by atoms with Gasteiger partial charge in [0.05, 0.1) is 13.7 Å². The average molecular weight is 350 g/mol. The molecular formula is C18H20ClNO4. The lowest BCUT2D eigenvalue weighted by Gasteiger charge is -2.16. The van der Waals surface area contributed by atoms with Gasteiger partial charge in [0.15, 0.2) is 17.6 Å². The number of ether oxygens (including phenoxy) is 3. The van der Waals surface area contributed by atoms with Gasteiger partial charge in [-0.05, 0) is 43.3 Å². The lowest BCUT2D eigenvalue weighted by Crippen LogP contribution is -2.38. The van der Waals surface area contributed by atoms with E-state index in [0.717, 1.165) is 0 Å². The predicted molar refractivity (Wildman–Crippen MR) is 93.0 cm³/mol. The summed E-state index contributed by atoms with van der Waals surface area (Å²) >= 11 is 5.80. The van der Waals surface area contributed by atoms with Gasteiger partial charge in [0, 0.05) is 5.02 Å². The molecule has 0 saturated heterocycles. The molecule has 0 fully saturated rings. The zero-order valence-corrected chi connectivity index (χ0v) is 14.4. The summed E-state index contributed by atoms with van der Waals surface area (Å²) in [6, 6.07) is 14.2. The molecule has 1 unspecified atom stereocenters. The lowest BCUT2D eigenvalue weighted by atomic mass is 10.3. The summed E-state index contributed by atoms with van der Waals surface area (Å²) in [5, 5.41) is 3.42. The number of amides is 1. The maximum absolute atomic E-state index is 12.1. The van der Waals surface area contributed by atoms with Gasteiger partial charge in [-0.2, -0.15) is 0 Å². The highest BCUT2D eigenvalue weighted by Crippen LogP contribution is 2.26. The number of carbonyl (C=O) groups is 1. The number of rotatable bonds is 8. The van der Waals surface area contributed by atoms with Crippen molar-refractivity contribution in [3.63, 3.8) is 0 Å². The Hall–Kier alpha value is -2.40. The first-order valence-electron chi connectivity index (χ1n) is 7.56. The summed E-state index contributed by atoms with van der Waals surface area (Å²) in [6.45, 7) is 2.41. The van der Waals surface area contributed by atoms with Crippen LogP contribution in [0, 0.1) is 0 Å². The largest absolute Gasteiger partial charge is 0.493 e. The molecule has 0 aromatic heterocycles. The molecule has 1 amide bonds. The van der Waals surface area contributed by atoms with Crippen LogP contribution >= 0.6 is 11.6 Å². The van der Waals surface area contributed by atoms with Crippen LogP contribution < -0.4 is 19.5 Å². The zero-order valence-electron chi connectivity index (χ0n) is 13.6. The molecule has 6 heteroatoms. The fourth-order valence-corrected chi connectivity index (χ4v) is 2.10. The van der Waals surface area contributed by atoms with Gasteiger partial charge in [-0.15, -0.1) is 0 Å². The summed E-state index contributed by atoms with van der Waals surface area (Å²) in [6.07, 6.45) is -0.642. The van der Waals surface area contributed by atoms with Gasteiger partial charge in [-0.1, -0.05) is 23.7 Å². The Bertz CT molecular complexity index is 660. The number of hydrogen-bond donors (Lipinski definition) is 1. The number of para-hydroxylation sites is 2. The molecule has 0 radical (unpaired) electrons. The van der Waals surface area contributed by atoms with Gasteiger partial charge in [-0.25, -0.2) is 0 Å². The molecule has 128 valence electrons. The normalized spacial score (nSPS) is 11.5. The van der Waals surface area contributed by atoms with E-state index in [1.54, 1.807) is 50.4 Å². The Morgan fingerprint density at radius 1 is 1.12 bits per heavy atom. The number of carbonyl (C=O) groups excluding carboxylic acids is 1. The predicted octanol–water partition coefficient (Wildman–Crippen LogP) is 3.31. The molecule has 0 saturated carbocycles. The highest BCUT2D eigenvalue weighted by Gasteiger charge is 2.16. The van der Waals surface area contributed by atoms with E-state index in [9.17, 15) is 4.79 Å². The second-order valence-electron chi connectivity index (χ2n) is 5.00. The molecule has 1 N–H and O–H groups in total. The topological polar surface area (TPSA) is 56.8 Å². The van der Waals surface area contributed by atoms with E-state index >= 15 is 0 Å². The summed E-state index contributed by atoms with van der Waals surface area (Å²) in [7, 11) is 1.56. The second kappa shape index (κ2) is 9.03. The molecule has 2 rings (SSSR count). The molecule has 0 spiro atoms. The Labute approximate surface area is 146 Å². The molecule has 0 heterocycles. The van der Waals surface area contributed by atoms with Crippen LogP contribution in [0.15, 0.2) is 48.5 Å². The van der Waals surface area contributed by atoms with Crippen LogP contribution in [-0.2, 0) is 4.79 Å². The van der Waals surface area contributed by atoms with E-state index in [1.165, 1.54) is 0 Å². The monoisotopic (exact) mass is 349 g/mol. The first-order valence-corrected chi connectivity index (χ1v) is 7.93. The molecule has 24 heavy (non-hydrogen) atoms. The molecule has 1 atom stereocenters. The zero-order chi connectivity index (χ0) is 17.4. The van der Waals surface area contributed by atoms with Crippen molar-refractivity contribution in [1.82, 2.24) is 5.32 Å². The summed E-state index contributed by atoms with van der Waals surface area (Å²) in [5.41, 5.74) is 0. The number of nitrogens with one attached hydrogen (secondary N) is 1. The molecule has 5 nitrogen and oxygen atoms in total. The van der Waals surface area contributed by atoms with Crippen molar-refractivity contribution in [3.8, 4) is 17.2 Å². The van der Waals surface area contributed by atoms with Crippen molar-refractivity contribution in [2.75, 3.05) is 20.3 Å². The Morgan fingerprint density at radius 3 is 2.46 bits per heavy atom. The Morgan fingerprint density at radius 2 is 1.79 bits per heavy atom. The maximum Gasteiger partial charge on any atom is 0.260 e. The first-order chi connectivity index (χ1) is 11.6. The quantitative estimate of drug-likeness (QED) is 0.743. The SMILES string of the molecule is COc1ccccc1OC(C)C(=O)NCCOc1ccc(Cl)cc1. The van der Waals surface area contributed by atoms with Crippen LogP contribution in [0.25, 0.3) is 0 Å². The summed E-state index contributed by atoms with van der Waals surface area (Å²) in [4.78, 5) is 12.1. The van der Waals surface area contributed by atoms with Crippen molar-refractivity contribution in [2.24, 2.45) is 0 Å². The van der Waals surface area contributed by atoms with Crippen molar-refractivity contribution >= 4 is 17.5 Å². The van der Waals surface area contributed by atoms with Gasteiger partial charge in [-0.3, -0.25) is 4.79 Å². The van der Waals surface area contributed by atoms with Crippen LogP contribution in [-0.4, -0.2) is 32.3 Å². The second-order valence-corrected chi connectivity index (χ2v) is 5.44. The van der Waals surface area contributed by atoms with Crippen molar-refractivity contribution < 1.29 is 19.0 Å². The van der Waals surface area contributed by atoms with Gasteiger partial charge in [0.2, 0.25) is 0 Å². The first kappa shape index (κ1) is 17.9. The molecule has 0 bridgehead atoms. The van der Waals surface area contributed by atoms with Gasteiger partial charge >= 0.3 is 0 Å². The Balaban J connectivity index is 1.74. The minimum absolute atomic E-state index is 0.222. The highest BCUT2D eigenvalue weighted by molar-refractivity contribution is 6.30. The summed E-state index contributed by atoms with van der Waals surface area (Å²) < 4.78 is 16.3. The minimum Gasteiger partial charge on any atom is -0.493 e. The smallest absolute Gasteiger partial charge is 0.260 e. The third-order valence-electron chi connectivity index (χ3n) is 3.23. The lowest BCUT2D eigenvalue weighted by molar-refractivity contribution is -0.127. The fraction of sp³-hybridized carbons (Fsp3) is 0.278. The fourth-order valence-electron chi connectivity index (χ4n) is 1.98. The van der Waals surface area contributed by atoms with Gasteiger partial charge in [0.1, 0.15) is 12.4 Å². The molecule has 2 aromatic rings. The van der Waals surface area contributed by atoms with Crippen molar-refractivity contribution in [3.05, 3.63) is 53.6 Å². The molecule has 0 aliphatic rings. The molecule has 0 aliphatic heterocycles. The maximum atomic E-state index is 12.1. The van der Waals surface area contributed by atoms with E-state index in [1.807, 2.05) is 12.1 Å². The van der Waals surface area contributed by atoms with Crippen molar-refractivity contribution in [1.29, 1.82) is 0 Å². The number of hydrogen-bond acceptors (Lipinski definition) is 4. The molecule has 2 aromatic carbocycles. The van der Waals surface area contributed by atoms with E-state index in [-0.39, 0.29) is 5.91 Å². The average Bonchev–Trinajstić information content (AvgIpc) is 2.60. The van der Waals surface area contributed by atoms with E-state index < -0.39 is 6.10 Å². The highest BCUT2D eigenvalue weighted by atomic mass is 35.5. The number of methoxy groups -OCH3 is 1. The van der Waals surface area contributed by atoms with Crippen molar-refractivity contribution in [2.45, 2.75) is 13.0 Å².